The van der Waals surface area contributed by atoms with Crippen molar-refractivity contribution in [3.63, 3.8) is 0 Å². The average molecular weight is 335 g/mol. The highest BCUT2D eigenvalue weighted by Gasteiger charge is 2.26. The van der Waals surface area contributed by atoms with Gasteiger partial charge in [-0.3, -0.25) is 9.59 Å². The maximum Gasteiger partial charge on any atom is 0.256 e. The molecule has 1 aliphatic rings. The van der Waals surface area contributed by atoms with Crippen molar-refractivity contribution < 1.29 is 9.59 Å². The fourth-order valence-electron chi connectivity index (χ4n) is 3.21. The van der Waals surface area contributed by atoms with Gasteiger partial charge in [-0.15, -0.1) is 0 Å². The number of Topliss-reactive ketones (excluding diaryl/α,β-unsaturated/α-hetero) is 1. The van der Waals surface area contributed by atoms with Crippen LogP contribution in [0, 0.1) is 19.3 Å². The molecule has 5 nitrogen and oxygen atoms in total. The molecule has 0 saturated carbocycles. The van der Waals surface area contributed by atoms with Crippen LogP contribution in [0.15, 0.2) is 18.2 Å². The number of carbonyl (C=O) groups is 2. The Labute approximate surface area is 146 Å². The Morgan fingerprint density at radius 2 is 1.96 bits per heavy atom. The molecule has 1 aromatic carbocycles. The van der Waals surface area contributed by atoms with Crippen molar-refractivity contribution in [2.75, 3.05) is 5.32 Å². The lowest BCUT2D eigenvalue weighted by molar-refractivity contribution is -0.110. The first kappa shape index (κ1) is 16.9. The third kappa shape index (κ3) is 2.82. The predicted octanol–water partition coefficient (Wildman–Crippen LogP) is 4.08. The second-order valence-electron chi connectivity index (χ2n) is 6.64. The number of amides is 1. The van der Waals surface area contributed by atoms with Crippen LogP contribution in [0.2, 0.25) is 0 Å². The summed E-state index contributed by atoms with van der Waals surface area (Å²) in [5.41, 5.74) is 6.09. The second-order valence-corrected chi connectivity index (χ2v) is 6.64. The number of hydrogen-bond acceptors (Lipinski definition) is 3. The van der Waals surface area contributed by atoms with E-state index in [4.69, 9.17) is 5.41 Å². The zero-order valence-corrected chi connectivity index (χ0v) is 14.8. The predicted molar refractivity (Wildman–Crippen MR) is 100 cm³/mol. The van der Waals surface area contributed by atoms with Crippen LogP contribution in [0.4, 0.5) is 5.69 Å². The standard InChI is InChI=1S/C20H21N3O2/c1-10(2)13-5-6-16-14(7-13)15(20(25)23-16)8-17-11(3)19(12(4)22-17)18(24)9-21/h5-10,21-22H,1-4H3,(H,23,25). The number of aryl methyl sites for hydroxylation is 1. The maximum absolute atomic E-state index is 12.4. The lowest BCUT2D eigenvalue weighted by Gasteiger charge is -2.07. The molecule has 1 aliphatic heterocycles. The molecule has 0 aliphatic carbocycles. The molecule has 128 valence electrons. The third-order valence-electron chi connectivity index (χ3n) is 4.64. The quantitative estimate of drug-likeness (QED) is 0.447. The fraction of sp³-hybridized carbons (Fsp3) is 0.250. The van der Waals surface area contributed by atoms with Crippen molar-refractivity contribution in [1.29, 1.82) is 5.41 Å². The van der Waals surface area contributed by atoms with Crippen molar-refractivity contribution in [3.05, 3.63) is 51.8 Å². The second kappa shape index (κ2) is 6.16. The number of rotatable bonds is 4. The molecular formula is C20H21N3O2. The van der Waals surface area contributed by atoms with E-state index in [-0.39, 0.29) is 11.7 Å². The zero-order chi connectivity index (χ0) is 18.3. The van der Waals surface area contributed by atoms with E-state index in [1.54, 1.807) is 13.0 Å². The molecule has 2 aromatic rings. The molecule has 0 fully saturated rings. The molecule has 0 atom stereocenters. The van der Waals surface area contributed by atoms with Crippen LogP contribution in [0.3, 0.4) is 0 Å². The zero-order valence-electron chi connectivity index (χ0n) is 14.8. The number of carbonyl (C=O) groups excluding carboxylic acids is 2. The molecule has 0 saturated heterocycles. The number of benzene rings is 1. The summed E-state index contributed by atoms with van der Waals surface area (Å²) in [4.78, 5) is 27.5. The van der Waals surface area contributed by atoms with Crippen molar-refractivity contribution in [3.8, 4) is 0 Å². The largest absolute Gasteiger partial charge is 0.358 e. The minimum atomic E-state index is -0.339. The molecular weight excluding hydrogens is 314 g/mol. The van der Waals surface area contributed by atoms with E-state index in [0.717, 1.165) is 28.7 Å². The molecule has 2 heterocycles. The Morgan fingerprint density at radius 3 is 2.60 bits per heavy atom. The van der Waals surface area contributed by atoms with Gasteiger partial charge >= 0.3 is 0 Å². The van der Waals surface area contributed by atoms with Crippen LogP contribution in [0.5, 0.6) is 0 Å². The number of ketones is 1. The number of aromatic amines is 1. The van der Waals surface area contributed by atoms with Crippen molar-refractivity contribution in [1.82, 2.24) is 4.98 Å². The summed E-state index contributed by atoms with van der Waals surface area (Å²) in [7, 11) is 0. The van der Waals surface area contributed by atoms with Gasteiger partial charge in [0.25, 0.3) is 5.91 Å². The molecule has 0 unspecified atom stereocenters. The Morgan fingerprint density at radius 1 is 1.24 bits per heavy atom. The lowest BCUT2D eigenvalue weighted by Crippen LogP contribution is -2.04. The van der Waals surface area contributed by atoms with Gasteiger partial charge in [0.05, 0.1) is 11.8 Å². The molecule has 0 radical (unpaired) electrons. The Kier molecular flexibility index (Phi) is 4.17. The monoisotopic (exact) mass is 335 g/mol. The highest BCUT2D eigenvalue weighted by Crippen LogP contribution is 2.36. The highest BCUT2D eigenvalue weighted by molar-refractivity contribution is 6.36. The number of aromatic nitrogens is 1. The highest BCUT2D eigenvalue weighted by atomic mass is 16.2. The molecule has 5 heteroatoms. The molecule has 1 amide bonds. The van der Waals surface area contributed by atoms with E-state index < -0.39 is 0 Å². The van der Waals surface area contributed by atoms with Gasteiger partial charge in [0.2, 0.25) is 5.78 Å². The van der Waals surface area contributed by atoms with Crippen LogP contribution < -0.4 is 5.32 Å². The van der Waals surface area contributed by atoms with Crippen LogP contribution in [0.1, 0.15) is 58.2 Å². The summed E-state index contributed by atoms with van der Waals surface area (Å²) >= 11 is 0. The van der Waals surface area contributed by atoms with Gasteiger partial charge < -0.3 is 15.7 Å². The van der Waals surface area contributed by atoms with Crippen molar-refractivity contribution in [2.45, 2.75) is 33.6 Å². The van der Waals surface area contributed by atoms with E-state index in [9.17, 15) is 9.59 Å². The van der Waals surface area contributed by atoms with E-state index in [1.807, 2.05) is 25.1 Å². The normalized spacial score (nSPS) is 14.8. The van der Waals surface area contributed by atoms with Gasteiger partial charge in [0.15, 0.2) is 0 Å². The maximum atomic E-state index is 12.4. The average Bonchev–Trinajstić information content (AvgIpc) is 3.03. The van der Waals surface area contributed by atoms with Crippen LogP contribution in [0.25, 0.3) is 11.6 Å². The fourth-order valence-corrected chi connectivity index (χ4v) is 3.21. The number of H-pyrrole nitrogens is 1. The van der Waals surface area contributed by atoms with Crippen molar-refractivity contribution >= 4 is 35.2 Å². The van der Waals surface area contributed by atoms with Crippen LogP contribution in [-0.2, 0) is 4.79 Å². The molecule has 3 N–H and O–H groups in total. The molecule has 1 aromatic heterocycles. The summed E-state index contributed by atoms with van der Waals surface area (Å²) in [6, 6.07) is 6.00. The minimum Gasteiger partial charge on any atom is -0.358 e. The van der Waals surface area contributed by atoms with Gasteiger partial charge in [-0.05, 0) is 49.1 Å². The number of nitrogens with one attached hydrogen (secondary N) is 3. The summed E-state index contributed by atoms with van der Waals surface area (Å²) in [5, 5.41) is 10.1. The van der Waals surface area contributed by atoms with E-state index >= 15 is 0 Å². The Bertz CT molecular complexity index is 933. The minimum absolute atomic E-state index is 0.150. The molecule has 3 rings (SSSR count). The summed E-state index contributed by atoms with van der Waals surface area (Å²) in [5.74, 6) is -0.120. The molecule has 0 bridgehead atoms. The summed E-state index contributed by atoms with van der Waals surface area (Å²) < 4.78 is 0. The van der Waals surface area contributed by atoms with Gasteiger partial charge in [0.1, 0.15) is 0 Å². The van der Waals surface area contributed by atoms with Crippen molar-refractivity contribution in [2.24, 2.45) is 0 Å². The first-order valence-corrected chi connectivity index (χ1v) is 8.24. The SMILES string of the molecule is Cc1[nH]c(C=C2C(=O)Nc3ccc(C(C)C)cc32)c(C)c1C(=O)C=N. The Hall–Kier alpha value is -2.95. The topological polar surface area (TPSA) is 85.8 Å². The third-order valence-corrected chi connectivity index (χ3v) is 4.64. The number of anilines is 1. The first-order chi connectivity index (χ1) is 11.8. The summed E-state index contributed by atoms with van der Waals surface area (Å²) in [6.45, 7) is 7.85. The summed E-state index contributed by atoms with van der Waals surface area (Å²) in [6.07, 6.45) is 2.60. The van der Waals surface area contributed by atoms with E-state index in [0.29, 0.717) is 22.7 Å². The van der Waals surface area contributed by atoms with Crippen LogP contribution >= 0.6 is 0 Å². The van der Waals surface area contributed by atoms with Crippen LogP contribution in [-0.4, -0.2) is 22.9 Å². The van der Waals surface area contributed by atoms with Gasteiger partial charge in [-0.25, -0.2) is 0 Å². The first-order valence-electron chi connectivity index (χ1n) is 8.24. The van der Waals surface area contributed by atoms with Gasteiger partial charge in [-0.1, -0.05) is 19.9 Å². The Balaban J connectivity index is 2.12. The smallest absolute Gasteiger partial charge is 0.256 e. The molecule has 0 spiro atoms. The lowest BCUT2D eigenvalue weighted by atomic mass is 9.97. The van der Waals surface area contributed by atoms with E-state index in [2.05, 4.69) is 24.1 Å². The van der Waals surface area contributed by atoms with Gasteiger partial charge in [0, 0.05) is 28.2 Å². The number of hydrogen-bond donors (Lipinski definition) is 3. The molecule has 25 heavy (non-hydrogen) atoms. The van der Waals surface area contributed by atoms with E-state index in [1.165, 1.54) is 5.56 Å². The number of fused-ring (bicyclic) bond motifs is 1. The van der Waals surface area contributed by atoms with Gasteiger partial charge in [-0.2, -0.15) is 0 Å².